The van der Waals surface area contributed by atoms with Gasteiger partial charge in [0.1, 0.15) is 5.82 Å². The minimum atomic E-state index is 0.446. The molecular weight excluding hydrogens is 190 g/mol. The fourth-order valence-electron chi connectivity index (χ4n) is 1.54. The number of hydrogen-bond donors (Lipinski definition) is 3. The van der Waals surface area contributed by atoms with Gasteiger partial charge in [-0.2, -0.15) is 4.98 Å². The van der Waals surface area contributed by atoms with E-state index >= 15 is 0 Å². The van der Waals surface area contributed by atoms with Gasteiger partial charge in [0.2, 0.25) is 5.95 Å². The van der Waals surface area contributed by atoms with Crippen molar-refractivity contribution in [3.63, 3.8) is 0 Å². The summed E-state index contributed by atoms with van der Waals surface area (Å²) >= 11 is 0. The number of rotatable bonds is 6. The molecule has 0 radical (unpaired) electrons. The largest absolute Gasteiger partial charge is 0.370 e. The normalized spacial score (nSPS) is 15.0. The Morgan fingerprint density at radius 1 is 1.47 bits per heavy atom. The lowest BCUT2D eigenvalue weighted by Crippen LogP contribution is -2.12. The third kappa shape index (κ3) is 3.36. The number of anilines is 2. The Labute approximate surface area is 89.5 Å². The molecule has 0 saturated heterocycles. The first-order valence-electron chi connectivity index (χ1n) is 5.42. The Bertz CT molecular complexity index is 310. The molecule has 0 bridgehead atoms. The summed E-state index contributed by atoms with van der Waals surface area (Å²) in [7, 11) is 0. The van der Waals surface area contributed by atoms with Gasteiger partial charge in [0, 0.05) is 12.7 Å². The van der Waals surface area contributed by atoms with E-state index in [9.17, 15) is 0 Å². The number of nitrogens with zero attached hydrogens (tertiary/aromatic N) is 2. The summed E-state index contributed by atoms with van der Waals surface area (Å²) in [4.78, 5) is 8.10. The maximum Gasteiger partial charge on any atom is 0.239 e. The lowest BCUT2D eigenvalue weighted by atomic mass is 10.2. The number of nitrogens with two attached hydrogens (primary N) is 1. The van der Waals surface area contributed by atoms with Crippen LogP contribution in [0.4, 0.5) is 11.8 Å². The predicted molar refractivity (Wildman–Crippen MR) is 60.3 cm³/mol. The molecule has 0 aliphatic heterocycles. The molecule has 1 saturated carbocycles. The Balaban J connectivity index is 1.71. The minimum absolute atomic E-state index is 0.446. The Morgan fingerprint density at radius 2 is 2.33 bits per heavy atom. The first-order valence-corrected chi connectivity index (χ1v) is 5.42. The highest BCUT2D eigenvalue weighted by molar-refractivity contribution is 5.38. The van der Waals surface area contributed by atoms with Crippen LogP contribution in [-0.4, -0.2) is 16.5 Å². The summed E-state index contributed by atoms with van der Waals surface area (Å²) in [5.74, 6) is 7.49. The van der Waals surface area contributed by atoms with Crippen molar-refractivity contribution in [2.75, 3.05) is 17.3 Å². The summed E-state index contributed by atoms with van der Waals surface area (Å²) in [5, 5.41) is 3.26. The van der Waals surface area contributed by atoms with Crippen molar-refractivity contribution in [1.82, 2.24) is 9.97 Å². The summed E-state index contributed by atoms with van der Waals surface area (Å²) < 4.78 is 0. The lowest BCUT2D eigenvalue weighted by molar-refractivity contribution is 0.686. The van der Waals surface area contributed by atoms with Crippen molar-refractivity contribution in [2.45, 2.75) is 25.7 Å². The van der Waals surface area contributed by atoms with Gasteiger partial charge in [-0.15, -0.1) is 0 Å². The summed E-state index contributed by atoms with van der Waals surface area (Å²) in [5.41, 5.74) is 2.42. The first-order chi connectivity index (χ1) is 7.38. The zero-order chi connectivity index (χ0) is 10.5. The van der Waals surface area contributed by atoms with Crippen LogP contribution < -0.4 is 16.6 Å². The molecule has 1 aliphatic rings. The van der Waals surface area contributed by atoms with Gasteiger partial charge in [0.25, 0.3) is 0 Å². The van der Waals surface area contributed by atoms with Crippen LogP contribution in [0.2, 0.25) is 0 Å². The van der Waals surface area contributed by atoms with Gasteiger partial charge in [-0.05, 0) is 24.8 Å². The highest BCUT2D eigenvalue weighted by atomic mass is 15.3. The molecule has 1 fully saturated rings. The summed E-state index contributed by atoms with van der Waals surface area (Å²) in [6.07, 6.45) is 7.08. The van der Waals surface area contributed by atoms with E-state index in [0.717, 1.165) is 18.3 Å². The van der Waals surface area contributed by atoms with Crippen LogP contribution in [0.3, 0.4) is 0 Å². The van der Waals surface area contributed by atoms with E-state index in [-0.39, 0.29) is 0 Å². The van der Waals surface area contributed by atoms with Gasteiger partial charge >= 0.3 is 0 Å². The Morgan fingerprint density at radius 3 is 3.07 bits per heavy atom. The molecule has 0 aromatic carbocycles. The zero-order valence-electron chi connectivity index (χ0n) is 8.74. The second-order valence-electron chi connectivity index (χ2n) is 3.92. The van der Waals surface area contributed by atoms with E-state index in [1.54, 1.807) is 6.20 Å². The second kappa shape index (κ2) is 4.93. The van der Waals surface area contributed by atoms with Crippen LogP contribution in [0, 0.1) is 5.92 Å². The van der Waals surface area contributed by atoms with Crippen molar-refractivity contribution in [2.24, 2.45) is 11.8 Å². The van der Waals surface area contributed by atoms with Crippen LogP contribution >= 0.6 is 0 Å². The number of nitrogen functional groups attached to an aromatic ring is 1. The molecule has 1 heterocycles. The number of hydrazine groups is 1. The second-order valence-corrected chi connectivity index (χ2v) is 3.92. The van der Waals surface area contributed by atoms with Gasteiger partial charge in [0.05, 0.1) is 0 Å². The maximum absolute atomic E-state index is 5.22. The first kappa shape index (κ1) is 10.2. The highest BCUT2D eigenvalue weighted by Crippen LogP contribution is 2.33. The van der Waals surface area contributed by atoms with Crippen LogP contribution in [0.5, 0.6) is 0 Å². The summed E-state index contributed by atoms with van der Waals surface area (Å²) in [6.45, 7) is 0.970. The minimum Gasteiger partial charge on any atom is -0.370 e. The van der Waals surface area contributed by atoms with Crippen LogP contribution in [-0.2, 0) is 0 Å². The number of nitrogens with one attached hydrogen (secondary N) is 2. The number of hydrogen-bond acceptors (Lipinski definition) is 5. The standard InChI is InChI=1S/C10H17N5/c11-15-10-13-7-5-9(14-10)12-6-1-2-8-3-4-8/h5,7-8H,1-4,6,11H2,(H2,12,13,14,15). The van der Waals surface area contributed by atoms with Crippen molar-refractivity contribution in [3.8, 4) is 0 Å². The van der Waals surface area contributed by atoms with E-state index in [0.29, 0.717) is 5.95 Å². The van der Waals surface area contributed by atoms with Crippen molar-refractivity contribution < 1.29 is 0 Å². The molecule has 0 atom stereocenters. The molecule has 1 aliphatic carbocycles. The van der Waals surface area contributed by atoms with Gasteiger partial charge in [-0.3, -0.25) is 5.43 Å². The number of aromatic nitrogens is 2. The zero-order valence-corrected chi connectivity index (χ0v) is 8.74. The molecule has 1 aromatic heterocycles. The quantitative estimate of drug-likeness (QED) is 0.373. The predicted octanol–water partition coefficient (Wildman–Crippen LogP) is 1.36. The van der Waals surface area contributed by atoms with Gasteiger partial charge in [0.15, 0.2) is 0 Å². The van der Waals surface area contributed by atoms with E-state index in [2.05, 4.69) is 20.7 Å². The average molecular weight is 207 g/mol. The smallest absolute Gasteiger partial charge is 0.239 e. The summed E-state index contributed by atoms with van der Waals surface area (Å²) in [6, 6.07) is 1.85. The van der Waals surface area contributed by atoms with Crippen molar-refractivity contribution in [3.05, 3.63) is 12.3 Å². The topological polar surface area (TPSA) is 75.9 Å². The van der Waals surface area contributed by atoms with Crippen LogP contribution in [0.15, 0.2) is 12.3 Å². The average Bonchev–Trinajstić information content (AvgIpc) is 3.09. The molecule has 4 N–H and O–H groups in total. The Hall–Kier alpha value is -1.36. The van der Waals surface area contributed by atoms with E-state index in [4.69, 9.17) is 5.84 Å². The fourth-order valence-corrected chi connectivity index (χ4v) is 1.54. The molecule has 2 rings (SSSR count). The lowest BCUT2D eigenvalue weighted by Gasteiger charge is -2.05. The van der Waals surface area contributed by atoms with Crippen molar-refractivity contribution >= 4 is 11.8 Å². The Kier molecular flexibility index (Phi) is 3.34. The molecule has 15 heavy (non-hydrogen) atoms. The molecule has 0 amide bonds. The van der Waals surface area contributed by atoms with E-state index < -0.39 is 0 Å². The van der Waals surface area contributed by atoms with Gasteiger partial charge in [-0.25, -0.2) is 10.8 Å². The van der Waals surface area contributed by atoms with Gasteiger partial charge < -0.3 is 5.32 Å². The van der Waals surface area contributed by atoms with Gasteiger partial charge in [-0.1, -0.05) is 12.8 Å². The van der Waals surface area contributed by atoms with E-state index in [1.165, 1.54) is 25.7 Å². The van der Waals surface area contributed by atoms with Crippen LogP contribution in [0.25, 0.3) is 0 Å². The molecule has 0 spiro atoms. The monoisotopic (exact) mass is 207 g/mol. The van der Waals surface area contributed by atoms with Crippen molar-refractivity contribution in [1.29, 1.82) is 0 Å². The fraction of sp³-hybridized carbons (Fsp3) is 0.600. The molecule has 82 valence electrons. The highest BCUT2D eigenvalue weighted by Gasteiger charge is 2.19. The molecule has 1 aromatic rings. The third-order valence-electron chi connectivity index (χ3n) is 2.58. The SMILES string of the molecule is NNc1nccc(NCCCC2CC2)n1. The molecular formula is C10H17N5. The molecule has 0 unspecified atom stereocenters. The third-order valence-corrected chi connectivity index (χ3v) is 2.58. The molecule has 5 nitrogen and oxygen atoms in total. The van der Waals surface area contributed by atoms with Crippen LogP contribution in [0.1, 0.15) is 25.7 Å². The van der Waals surface area contributed by atoms with E-state index in [1.807, 2.05) is 6.07 Å². The maximum atomic E-state index is 5.22. The molecule has 5 heteroatoms.